The number of allylic oxidation sites excluding steroid dienone is 1. The van der Waals surface area contributed by atoms with Crippen LogP contribution < -0.4 is 0 Å². The van der Waals surface area contributed by atoms with E-state index in [4.69, 9.17) is 35.3 Å². The number of carbonyl (C=O) groups is 4. The van der Waals surface area contributed by atoms with Crippen LogP contribution in [0.25, 0.3) is 0 Å². The fraction of sp³-hybridized carbons (Fsp3) is 0.714. The van der Waals surface area contributed by atoms with Gasteiger partial charge in [-0.2, -0.15) is 0 Å². The first kappa shape index (κ1) is 30.5. The van der Waals surface area contributed by atoms with Gasteiger partial charge in [0.1, 0.15) is 23.9 Å². The first-order valence-electron chi connectivity index (χ1n) is 13.4. The van der Waals surface area contributed by atoms with Gasteiger partial charge in [0.2, 0.25) is 0 Å². The molecule has 3 fully saturated rings. The molecule has 0 aromatic heterocycles. The molecular weight excluding hydrogens is 548 g/mol. The summed E-state index contributed by atoms with van der Waals surface area (Å²) < 4.78 is 28.8. The number of alkyl halides is 1. The molecule has 2 aliphatic heterocycles. The molecule has 2 N–H and O–H groups in total. The van der Waals surface area contributed by atoms with Gasteiger partial charge in [-0.05, 0) is 31.9 Å². The van der Waals surface area contributed by atoms with Gasteiger partial charge < -0.3 is 33.9 Å². The van der Waals surface area contributed by atoms with Gasteiger partial charge in [-0.1, -0.05) is 26.5 Å². The summed E-state index contributed by atoms with van der Waals surface area (Å²) in [6, 6.07) is 0. The van der Waals surface area contributed by atoms with Crippen LogP contribution in [0.5, 0.6) is 0 Å². The van der Waals surface area contributed by atoms with E-state index in [1.807, 2.05) is 0 Å². The largest absolute Gasteiger partial charge is 0.459 e. The number of hydrogen-bond acceptors (Lipinski definition) is 11. The molecule has 222 valence electrons. The fourth-order valence-corrected chi connectivity index (χ4v) is 7.18. The summed E-state index contributed by atoms with van der Waals surface area (Å²) in [5.74, 6) is -5.48. The lowest BCUT2D eigenvalue weighted by Crippen LogP contribution is -2.73. The van der Waals surface area contributed by atoms with E-state index in [1.54, 1.807) is 13.8 Å². The molecule has 2 heterocycles. The predicted molar refractivity (Wildman–Crippen MR) is 139 cm³/mol. The summed E-state index contributed by atoms with van der Waals surface area (Å²) >= 11 is 6.70. The number of ether oxygens (including phenoxy) is 5. The number of carbonyl (C=O) groups excluding carboxylic acids is 4. The lowest BCUT2D eigenvalue weighted by molar-refractivity contribution is -0.258. The van der Waals surface area contributed by atoms with Gasteiger partial charge in [0, 0.05) is 31.6 Å². The van der Waals surface area contributed by atoms with Gasteiger partial charge in [0.25, 0.3) is 0 Å². The minimum atomic E-state index is -2.29. The first-order valence-corrected chi connectivity index (χ1v) is 13.8. The molecule has 0 unspecified atom stereocenters. The van der Waals surface area contributed by atoms with Crippen molar-refractivity contribution in [1.29, 1.82) is 0 Å². The Labute approximate surface area is 237 Å². The molecule has 12 atom stereocenters. The zero-order valence-corrected chi connectivity index (χ0v) is 24.2. The van der Waals surface area contributed by atoms with Crippen LogP contribution in [-0.4, -0.2) is 87.3 Å². The summed E-state index contributed by atoms with van der Waals surface area (Å²) in [4.78, 5) is 50.5. The molecule has 0 amide bonds. The molecule has 0 aromatic rings. The van der Waals surface area contributed by atoms with Crippen LogP contribution in [-0.2, 0) is 42.9 Å². The van der Waals surface area contributed by atoms with Crippen LogP contribution in [0.3, 0.4) is 0 Å². The van der Waals surface area contributed by atoms with Crippen molar-refractivity contribution in [2.24, 2.45) is 17.3 Å². The Bertz CT molecular complexity index is 1130. The van der Waals surface area contributed by atoms with Gasteiger partial charge in [-0.3, -0.25) is 19.2 Å². The van der Waals surface area contributed by atoms with E-state index in [0.717, 1.165) is 6.92 Å². The molecule has 0 spiro atoms. The molecule has 2 aliphatic carbocycles. The SMILES string of the molecule is C=C1/C=C\[C@H](OC(C)=O)[C@@]2(C)[C@H]3O[C@H]3[C@@H](OC(=O)CCC)[C@@](C)(O)[C@@H]2[C@H](OC(C)=O)[C@]2(O)[C@@H](C)C(=O)O[C@H]2[C@H]1Cl. The third-order valence-corrected chi connectivity index (χ3v) is 9.34. The number of aliphatic hydroxyl groups is 2. The van der Waals surface area contributed by atoms with Crippen molar-refractivity contribution < 1.29 is 53.1 Å². The topological polar surface area (TPSA) is 158 Å². The van der Waals surface area contributed by atoms with Crippen molar-refractivity contribution in [3.63, 3.8) is 0 Å². The van der Waals surface area contributed by atoms with Crippen LogP contribution >= 0.6 is 11.6 Å². The Hall–Kier alpha value is -2.47. The Kier molecular flexibility index (Phi) is 7.94. The number of epoxide rings is 1. The Morgan fingerprint density at radius 3 is 2.27 bits per heavy atom. The van der Waals surface area contributed by atoms with Crippen molar-refractivity contribution in [1.82, 2.24) is 0 Å². The molecule has 0 bridgehead atoms. The van der Waals surface area contributed by atoms with Crippen LogP contribution in [0, 0.1) is 17.3 Å². The zero-order valence-electron chi connectivity index (χ0n) is 23.4. The van der Waals surface area contributed by atoms with E-state index in [-0.39, 0.29) is 12.0 Å². The quantitative estimate of drug-likeness (QED) is 0.210. The number of fused-ring (bicyclic) bond motifs is 4. The molecule has 4 aliphatic rings. The lowest BCUT2D eigenvalue weighted by Gasteiger charge is -2.57. The van der Waals surface area contributed by atoms with Gasteiger partial charge in [-0.25, -0.2) is 0 Å². The van der Waals surface area contributed by atoms with E-state index < -0.39 is 94.3 Å². The van der Waals surface area contributed by atoms with Crippen molar-refractivity contribution in [2.75, 3.05) is 0 Å². The standard InChI is InChI=1S/C28H37ClO11/c1-8-9-17(32)38-23-19-22(39-19)26(6)16(36-14(4)30)11-10-12(2)18(29)21-28(35,13(3)25(33)40-21)24(37-15(5)31)20(26)27(23,7)34/h10-11,13,16,18-24,34-35H,2,8-9H2,1,3-7H3/b11-10-/t13-,16-,18-,19+,20+,21-,22-,23+,24-,26+,27-,28-/m0/s1. The summed E-state index contributed by atoms with van der Waals surface area (Å²) in [7, 11) is 0. The first-order chi connectivity index (χ1) is 18.5. The molecule has 40 heavy (non-hydrogen) atoms. The second-order valence-electron chi connectivity index (χ2n) is 11.6. The maximum absolute atomic E-state index is 12.9. The van der Waals surface area contributed by atoms with E-state index >= 15 is 0 Å². The second kappa shape index (κ2) is 10.4. The van der Waals surface area contributed by atoms with Crippen molar-refractivity contribution >= 4 is 35.5 Å². The molecule has 1 saturated carbocycles. The fourth-order valence-electron chi connectivity index (χ4n) is 6.85. The second-order valence-corrected chi connectivity index (χ2v) is 12.1. The summed E-state index contributed by atoms with van der Waals surface area (Å²) in [5.41, 5.74) is -5.50. The minimum absolute atomic E-state index is 0.0829. The van der Waals surface area contributed by atoms with Gasteiger partial charge >= 0.3 is 23.9 Å². The maximum Gasteiger partial charge on any atom is 0.312 e. The number of hydrogen-bond donors (Lipinski definition) is 2. The highest BCUT2D eigenvalue weighted by Gasteiger charge is 2.79. The molecule has 0 radical (unpaired) electrons. The van der Waals surface area contributed by atoms with Crippen molar-refractivity contribution in [3.8, 4) is 0 Å². The van der Waals surface area contributed by atoms with Crippen LogP contribution in [0.2, 0.25) is 0 Å². The Morgan fingerprint density at radius 1 is 1.07 bits per heavy atom. The molecule has 4 rings (SSSR count). The average molecular weight is 585 g/mol. The van der Waals surface area contributed by atoms with E-state index in [2.05, 4.69) is 6.58 Å². The van der Waals surface area contributed by atoms with Crippen molar-refractivity contribution in [2.45, 2.75) is 108 Å². The predicted octanol–water partition coefficient (Wildman–Crippen LogP) is 1.74. The Balaban J connectivity index is 2.01. The van der Waals surface area contributed by atoms with Crippen LogP contribution in [0.4, 0.5) is 0 Å². The van der Waals surface area contributed by atoms with E-state index in [9.17, 15) is 29.4 Å². The highest BCUT2D eigenvalue weighted by atomic mass is 35.5. The van der Waals surface area contributed by atoms with Gasteiger partial charge in [0.15, 0.2) is 17.8 Å². The maximum atomic E-state index is 12.9. The smallest absolute Gasteiger partial charge is 0.312 e. The normalized spacial score (nSPS) is 46.6. The number of esters is 4. The van der Waals surface area contributed by atoms with Crippen molar-refractivity contribution in [3.05, 3.63) is 24.3 Å². The van der Waals surface area contributed by atoms with Crippen LogP contribution in [0.15, 0.2) is 24.3 Å². The lowest BCUT2D eigenvalue weighted by atomic mass is 9.52. The summed E-state index contributed by atoms with van der Waals surface area (Å²) in [5, 5.41) is 23.6. The third kappa shape index (κ3) is 4.64. The van der Waals surface area contributed by atoms with E-state index in [1.165, 1.54) is 32.9 Å². The van der Waals surface area contributed by atoms with Crippen LogP contribution in [0.1, 0.15) is 54.4 Å². The summed E-state index contributed by atoms with van der Waals surface area (Å²) in [6.45, 7) is 12.5. The number of rotatable bonds is 5. The van der Waals surface area contributed by atoms with Gasteiger partial charge in [0.05, 0.1) is 17.4 Å². The molecule has 11 nitrogen and oxygen atoms in total. The molecule has 2 saturated heterocycles. The van der Waals surface area contributed by atoms with Gasteiger partial charge in [-0.15, -0.1) is 11.6 Å². The molecular formula is C28H37ClO11. The Morgan fingerprint density at radius 2 is 1.70 bits per heavy atom. The molecule has 12 heteroatoms. The average Bonchev–Trinajstić information content (AvgIpc) is 3.62. The highest BCUT2D eigenvalue weighted by molar-refractivity contribution is 6.23. The minimum Gasteiger partial charge on any atom is -0.459 e. The molecule has 0 aromatic carbocycles. The monoisotopic (exact) mass is 584 g/mol. The summed E-state index contributed by atoms with van der Waals surface area (Å²) in [6.07, 6.45) is -3.44. The highest BCUT2D eigenvalue weighted by Crippen LogP contribution is 2.63. The number of halogens is 1. The van der Waals surface area contributed by atoms with E-state index in [0.29, 0.717) is 6.42 Å². The zero-order chi connectivity index (χ0) is 29.9. The third-order valence-electron chi connectivity index (χ3n) is 8.83.